The minimum Gasteiger partial charge on any atom is -0.393 e. The molecule has 98 valence electrons. The summed E-state index contributed by atoms with van der Waals surface area (Å²) in [5.41, 5.74) is 0.755. The normalized spacial score (nSPS) is 17.8. The van der Waals surface area contributed by atoms with Gasteiger partial charge in [0.15, 0.2) is 5.78 Å². The molecule has 0 heterocycles. The van der Waals surface area contributed by atoms with Gasteiger partial charge in [0, 0.05) is 12.0 Å². The number of Topliss-reactive ketones (excluding diaryl/α,β-unsaturated/α-hetero) is 1. The van der Waals surface area contributed by atoms with Gasteiger partial charge in [-0.3, -0.25) is 4.79 Å². The number of hydrogen-bond acceptors (Lipinski definition) is 2. The predicted octanol–water partition coefficient (Wildman–Crippen LogP) is 3.59. The fourth-order valence-corrected chi connectivity index (χ4v) is 2.81. The van der Waals surface area contributed by atoms with Crippen molar-refractivity contribution in [3.05, 3.63) is 35.9 Å². The summed E-state index contributed by atoms with van der Waals surface area (Å²) in [5, 5.41) is 9.95. The molecule has 18 heavy (non-hydrogen) atoms. The molecule has 1 atom stereocenters. The zero-order valence-corrected chi connectivity index (χ0v) is 10.8. The van der Waals surface area contributed by atoms with E-state index in [0.717, 1.165) is 12.0 Å². The van der Waals surface area contributed by atoms with Crippen molar-refractivity contribution in [1.29, 1.82) is 0 Å². The summed E-state index contributed by atoms with van der Waals surface area (Å²) in [5.74, 6) is 0.827. The van der Waals surface area contributed by atoms with Gasteiger partial charge in [0.25, 0.3) is 0 Å². The Morgan fingerprint density at radius 2 is 1.89 bits per heavy atom. The smallest absolute Gasteiger partial charge is 0.162 e. The number of hydrogen-bond donors (Lipinski definition) is 1. The van der Waals surface area contributed by atoms with Gasteiger partial charge in [-0.2, -0.15) is 0 Å². The second kappa shape index (κ2) is 6.69. The van der Waals surface area contributed by atoms with Gasteiger partial charge in [0.2, 0.25) is 0 Å². The topological polar surface area (TPSA) is 37.3 Å². The molecule has 0 bridgehead atoms. The fourth-order valence-electron chi connectivity index (χ4n) is 2.81. The highest BCUT2D eigenvalue weighted by Gasteiger charge is 2.19. The molecule has 0 saturated heterocycles. The number of carbonyl (C=O) groups excluding carboxylic acids is 1. The third-order valence-corrected chi connectivity index (χ3v) is 3.88. The van der Waals surface area contributed by atoms with Gasteiger partial charge in [0.05, 0.1) is 6.10 Å². The Labute approximate surface area is 109 Å². The minimum atomic E-state index is -0.305. The molecule has 1 unspecified atom stereocenters. The van der Waals surface area contributed by atoms with Crippen molar-refractivity contribution < 1.29 is 9.90 Å². The van der Waals surface area contributed by atoms with Gasteiger partial charge < -0.3 is 5.11 Å². The lowest BCUT2D eigenvalue weighted by molar-refractivity contribution is 0.0914. The van der Waals surface area contributed by atoms with Crippen LogP contribution in [0.15, 0.2) is 30.3 Å². The van der Waals surface area contributed by atoms with Crippen LogP contribution in [-0.2, 0) is 0 Å². The Balaban J connectivity index is 1.72. The molecule has 0 aromatic heterocycles. The number of ketones is 1. The molecular formula is C16H22O2. The SMILES string of the molecule is O=C(CCC(O)CC1CCCC1)c1ccccc1. The summed E-state index contributed by atoms with van der Waals surface area (Å²) >= 11 is 0. The molecule has 0 spiro atoms. The van der Waals surface area contributed by atoms with Gasteiger partial charge >= 0.3 is 0 Å². The highest BCUT2D eigenvalue weighted by molar-refractivity contribution is 5.95. The Morgan fingerprint density at radius 1 is 1.22 bits per heavy atom. The lowest BCUT2D eigenvalue weighted by Crippen LogP contribution is -2.13. The second-order valence-corrected chi connectivity index (χ2v) is 5.37. The van der Waals surface area contributed by atoms with E-state index in [-0.39, 0.29) is 11.9 Å². The maximum absolute atomic E-state index is 11.9. The average Bonchev–Trinajstić information content (AvgIpc) is 2.90. The summed E-state index contributed by atoms with van der Waals surface area (Å²) in [7, 11) is 0. The molecule has 2 nitrogen and oxygen atoms in total. The first kappa shape index (κ1) is 13.3. The van der Waals surface area contributed by atoms with Crippen molar-refractivity contribution in [3.63, 3.8) is 0 Å². The van der Waals surface area contributed by atoms with Gasteiger partial charge in [-0.05, 0) is 18.8 Å². The van der Waals surface area contributed by atoms with E-state index in [1.807, 2.05) is 30.3 Å². The van der Waals surface area contributed by atoms with E-state index < -0.39 is 0 Å². The maximum Gasteiger partial charge on any atom is 0.162 e. The van der Waals surface area contributed by atoms with E-state index in [1.165, 1.54) is 25.7 Å². The molecule has 1 N–H and O–H groups in total. The molecule has 1 aliphatic carbocycles. The van der Waals surface area contributed by atoms with Crippen molar-refractivity contribution in [2.45, 2.75) is 51.0 Å². The molecule has 0 aliphatic heterocycles. The average molecular weight is 246 g/mol. The number of aliphatic hydroxyl groups is 1. The highest BCUT2D eigenvalue weighted by atomic mass is 16.3. The van der Waals surface area contributed by atoms with E-state index >= 15 is 0 Å². The summed E-state index contributed by atoms with van der Waals surface area (Å²) in [6.07, 6.45) is 6.75. The van der Waals surface area contributed by atoms with Crippen LogP contribution < -0.4 is 0 Å². The van der Waals surface area contributed by atoms with E-state index in [9.17, 15) is 9.90 Å². The quantitative estimate of drug-likeness (QED) is 0.779. The Bertz CT molecular complexity index is 366. The number of aliphatic hydroxyl groups excluding tert-OH is 1. The zero-order chi connectivity index (χ0) is 12.8. The molecule has 2 heteroatoms. The van der Waals surface area contributed by atoms with Crippen molar-refractivity contribution in [1.82, 2.24) is 0 Å². The summed E-state index contributed by atoms with van der Waals surface area (Å²) < 4.78 is 0. The molecule has 1 saturated carbocycles. The number of benzene rings is 1. The molecule has 1 aromatic rings. The van der Waals surface area contributed by atoms with Crippen LogP contribution in [0.2, 0.25) is 0 Å². The minimum absolute atomic E-state index is 0.140. The van der Waals surface area contributed by atoms with Gasteiger partial charge in [-0.15, -0.1) is 0 Å². The Kier molecular flexibility index (Phi) is 4.94. The first-order valence-corrected chi connectivity index (χ1v) is 7.02. The van der Waals surface area contributed by atoms with Crippen molar-refractivity contribution in [2.24, 2.45) is 5.92 Å². The summed E-state index contributed by atoms with van der Waals surface area (Å²) in [6, 6.07) is 9.34. The van der Waals surface area contributed by atoms with Crippen LogP contribution in [-0.4, -0.2) is 17.0 Å². The molecular weight excluding hydrogens is 224 g/mol. The van der Waals surface area contributed by atoms with Gasteiger partial charge in [0.1, 0.15) is 0 Å². The monoisotopic (exact) mass is 246 g/mol. The van der Waals surface area contributed by atoms with Gasteiger partial charge in [-0.25, -0.2) is 0 Å². The van der Waals surface area contributed by atoms with Crippen LogP contribution in [0.5, 0.6) is 0 Å². The summed E-state index contributed by atoms with van der Waals surface area (Å²) in [4.78, 5) is 11.9. The van der Waals surface area contributed by atoms with Crippen LogP contribution in [0, 0.1) is 5.92 Å². The third kappa shape index (κ3) is 3.95. The van der Waals surface area contributed by atoms with Crippen LogP contribution in [0.3, 0.4) is 0 Å². The van der Waals surface area contributed by atoms with E-state index in [2.05, 4.69) is 0 Å². The Hall–Kier alpha value is -1.15. The Morgan fingerprint density at radius 3 is 2.56 bits per heavy atom. The highest BCUT2D eigenvalue weighted by Crippen LogP contribution is 2.29. The number of rotatable bonds is 6. The third-order valence-electron chi connectivity index (χ3n) is 3.88. The van der Waals surface area contributed by atoms with Crippen molar-refractivity contribution in [3.8, 4) is 0 Å². The van der Waals surface area contributed by atoms with Crippen molar-refractivity contribution >= 4 is 5.78 Å². The predicted molar refractivity (Wildman–Crippen MR) is 72.6 cm³/mol. The fraction of sp³-hybridized carbons (Fsp3) is 0.562. The molecule has 0 radical (unpaired) electrons. The van der Waals surface area contributed by atoms with E-state index in [0.29, 0.717) is 18.8 Å². The molecule has 1 aromatic carbocycles. The largest absolute Gasteiger partial charge is 0.393 e. The molecule has 1 aliphatic rings. The molecule has 2 rings (SSSR count). The zero-order valence-electron chi connectivity index (χ0n) is 10.8. The van der Waals surface area contributed by atoms with Crippen LogP contribution in [0.25, 0.3) is 0 Å². The standard InChI is InChI=1S/C16H22O2/c17-15(12-13-6-4-5-7-13)10-11-16(18)14-8-2-1-3-9-14/h1-3,8-9,13,15,17H,4-7,10-12H2. The first-order chi connectivity index (χ1) is 8.75. The summed E-state index contributed by atoms with van der Waals surface area (Å²) in [6.45, 7) is 0. The van der Waals surface area contributed by atoms with Crippen molar-refractivity contribution in [2.75, 3.05) is 0 Å². The second-order valence-electron chi connectivity index (χ2n) is 5.37. The molecule has 0 amide bonds. The van der Waals surface area contributed by atoms with E-state index in [1.54, 1.807) is 0 Å². The lowest BCUT2D eigenvalue weighted by atomic mass is 9.96. The van der Waals surface area contributed by atoms with E-state index in [4.69, 9.17) is 0 Å². The molecule has 1 fully saturated rings. The van der Waals surface area contributed by atoms with Gasteiger partial charge in [-0.1, -0.05) is 56.0 Å². The van der Waals surface area contributed by atoms with Crippen LogP contribution in [0.1, 0.15) is 55.3 Å². The van der Waals surface area contributed by atoms with Crippen LogP contribution in [0.4, 0.5) is 0 Å². The van der Waals surface area contributed by atoms with Crippen LogP contribution >= 0.6 is 0 Å². The first-order valence-electron chi connectivity index (χ1n) is 7.02. The maximum atomic E-state index is 11.9. The lowest BCUT2D eigenvalue weighted by Gasteiger charge is -2.14. The number of carbonyl (C=O) groups is 1.